The maximum Gasteiger partial charge on any atom is 0.454 e. The largest absolute Gasteiger partial charge is 0.454 e. The minimum atomic E-state index is -4.82. The summed E-state index contributed by atoms with van der Waals surface area (Å²) in [5, 5.41) is 0. The summed E-state index contributed by atoms with van der Waals surface area (Å²) in [5.41, 5.74) is 1.73. The molecule has 100 valence electrons. The lowest BCUT2D eigenvalue weighted by Gasteiger charge is -2.06. The molecule has 2 nitrogen and oxygen atoms in total. The molecule has 1 heterocycles. The van der Waals surface area contributed by atoms with Crippen molar-refractivity contribution in [2.24, 2.45) is 0 Å². The van der Waals surface area contributed by atoms with Gasteiger partial charge in [0, 0.05) is 24.5 Å². The van der Waals surface area contributed by atoms with E-state index < -0.39 is 12.0 Å². The van der Waals surface area contributed by atoms with Crippen LogP contribution in [-0.2, 0) is 6.54 Å². The van der Waals surface area contributed by atoms with E-state index in [9.17, 15) is 18.0 Å². The van der Waals surface area contributed by atoms with Gasteiger partial charge in [0.2, 0.25) is 0 Å². The number of nitrogens with zero attached hydrogens (tertiary/aromatic N) is 1. The standard InChI is InChI=1S/C14H12F3NO/c1-10-4-2-3-5-11(10)8-18-7-6-12(9-18)13(19)14(15,16)17/h2-7,9H,8H2,1H3. The fourth-order valence-electron chi connectivity index (χ4n) is 1.82. The van der Waals surface area contributed by atoms with Crippen LogP contribution in [0.1, 0.15) is 21.5 Å². The third-order valence-electron chi connectivity index (χ3n) is 2.88. The van der Waals surface area contributed by atoms with Gasteiger partial charge in [-0.15, -0.1) is 0 Å². The highest BCUT2D eigenvalue weighted by atomic mass is 19.4. The van der Waals surface area contributed by atoms with Crippen molar-refractivity contribution in [1.82, 2.24) is 4.57 Å². The lowest BCUT2D eigenvalue weighted by molar-refractivity contribution is -0.0885. The molecule has 5 heteroatoms. The molecule has 1 aromatic heterocycles. The number of rotatable bonds is 3. The van der Waals surface area contributed by atoms with Gasteiger partial charge in [0.1, 0.15) is 0 Å². The summed E-state index contributed by atoms with van der Waals surface area (Å²) >= 11 is 0. The predicted molar refractivity (Wildman–Crippen MR) is 65.1 cm³/mol. The average molecular weight is 267 g/mol. The summed E-state index contributed by atoms with van der Waals surface area (Å²) in [6.45, 7) is 2.37. The monoisotopic (exact) mass is 267 g/mol. The number of aryl methyl sites for hydroxylation is 1. The molecule has 0 aliphatic heterocycles. The minimum absolute atomic E-state index is 0.332. The van der Waals surface area contributed by atoms with Crippen LogP contribution in [0.4, 0.5) is 13.2 Å². The Morgan fingerprint density at radius 2 is 1.89 bits per heavy atom. The Hall–Kier alpha value is -2.04. The van der Waals surface area contributed by atoms with E-state index in [4.69, 9.17) is 0 Å². The summed E-state index contributed by atoms with van der Waals surface area (Å²) < 4.78 is 38.4. The van der Waals surface area contributed by atoms with Gasteiger partial charge < -0.3 is 4.57 Å². The van der Waals surface area contributed by atoms with Crippen molar-refractivity contribution < 1.29 is 18.0 Å². The summed E-state index contributed by atoms with van der Waals surface area (Å²) in [7, 11) is 0. The molecule has 0 N–H and O–H groups in total. The Balaban J connectivity index is 2.19. The summed E-state index contributed by atoms with van der Waals surface area (Å²) in [4.78, 5) is 11.1. The highest BCUT2D eigenvalue weighted by Crippen LogP contribution is 2.22. The van der Waals surface area contributed by atoms with Crippen molar-refractivity contribution in [2.45, 2.75) is 19.6 Å². The number of halogens is 3. The van der Waals surface area contributed by atoms with Crippen molar-refractivity contribution in [2.75, 3.05) is 0 Å². The van der Waals surface area contributed by atoms with Crippen molar-refractivity contribution in [3.8, 4) is 0 Å². The molecular weight excluding hydrogens is 255 g/mol. The third kappa shape index (κ3) is 3.05. The number of ketones is 1. The molecule has 2 aromatic rings. The molecule has 1 aromatic carbocycles. The quantitative estimate of drug-likeness (QED) is 0.779. The van der Waals surface area contributed by atoms with Gasteiger partial charge in [0.25, 0.3) is 5.78 Å². The second kappa shape index (κ2) is 4.91. The van der Waals surface area contributed by atoms with Gasteiger partial charge in [-0.05, 0) is 24.1 Å². The van der Waals surface area contributed by atoms with E-state index in [0.29, 0.717) is 6.54 Å². The first kappa shape index (κ1) is 13.4. The molecular formula is C14H12F3NO. The second-order valence-corrected chi connectivity index (χ2v) is 4.33. The van der Waals surface area contributed by atoms with Crippen LogP contribution in [0, 0.1) is 6.92 Å². The van der Waals surface area contributed by atoms with Crippen LogP contribution >= 0.6 is 0 Å². The second-order valence-electron chi connectivity index (χ2n) is 4.33. The van der Waals surface area contributed by atoms with Gasteiger partial charge in [-0.1, -0.05) is 24.3 Å². The predicted octanol–water partition coefficient (Wildman–Crippen LogP) is 3.59. The highest BCUT2D eigenvalue weighted by Gasteiger charge is 2.39. The van der Waals surface area contributed by atoms with Crippen molar-refractivity contribution in [3.05, 3.63) is 59.4 Å². The number of hydrogen-bond acceptors (Lipinski definition) is 1. The lowest BCUT2D eigenvalue weighted by atomic mass is 10.1. The van der Waals surface area contributed by atoms with Crippen LogP contribution in [0.3, 0.4) is 0 Å². The van der Waals surface area contributed by atoms with Crippen molar-refractivity contribution in [1.29, 1.82) is 0 Å². The van der Waals surface area contributed by atoms with Crippen LogP contribution in [0.15, 0.2) is 42.7 Å². The fourth-order valence-corrected chi connectivity index (χ4v) is 1.82. The first-order valence-corrected chi connectivity index (χ1v) is 5.70. The van der Waals surface area contributed by atoms with Crippen molar-refractivity contribution in [3.63, 3.8) is 0 Å². The highest BCUT2D eigenvalue weighted by molar-refractivity contribution is 6.00. The fraction of sp³-hybridized carbons (Fsp3) is 0.214. The summed E-state index contributed by atoms with van der Waals surface area (Å²) in [5.74, 6) is -1.81. The zero-order valence-corrected chi connectivity index (χ0v) is 10.2. The Labute approximate surface area is 108 Å². The first-order valence-electron chi connectivity index (χ1n) is 5.70. The molecule has 0 bridgehead atoms. The molecule has 0 aliphatic carbocycles. The van der Waals surface area contributed by atoms with Gasteiger partial charge in [-0.25, -0.2) is 0 Å². The summed E-state index contributed by atoms with van der Waals surface area (Å²) in [6.07, 6.45) is -2.12. The molecule has 0 unspecified atom stereocenters. The number of Topliss-reactive ketones (excluding diaryl/α,β-unsaturated/α-hetero) is 1. The van der Waals surface area contributed by atoms with Gasteiger partial charge in [-0.3, -0.25) is 4.79 Å². The molecule has 0 aliphatic rings. The van der Waals surface area contributed by atoms with E-state index in [-0.39, 0.29) is 5.56 Å². The number of benzene rings is 1. The molecule has 0 saturated carbocycles. The third-order valence-corrected chi connectivity index (χ3v) is 2.88. The molecule has 0 amide bonds. The number of carbonyl (C=O) groups excluding carboxylic acids is 1. The average Bonchev–Trinajstić information content (AvgIpc) is 2.78. The maximum atomic E-state index is 12.3. The number of carbonyl (C=O) groups is 1. The van der Waals surface area contributed by atoms with E-state index in [1.54, 1.807) is 4.57 Å². The zero-order chi connectivity index (χ0) is 14.0. The SMILES string of the molecule is Cc1ccccc1Cn1ccc(C(=O)C(F)(F)F)c1. The van der Waals surface area contributed by atoms with Gasteiger partial charge >= 0.3 is 6.18 Å². The maximum absolute atomic E-state index is 12.3. The van der Waals surface area contributed by atoms with E-state index in [0.717, 1.165) is 11.1 Å². The normalized spacial score (nSPS) is 11.6. The zero-order valence-electron chi connectivity index (χ0n) is 10.2. The molecule has 0 fully saturated rings. The van der Waals surface area contributed by atoms with E-state index in [2.05, 4.69) is 0 Å². The molecule has 0 atom stereocenters. The van der Waals surface area contributed by atoms with Crippen molar-refractivity contribution >= 4 is 5.78 Å². The van der Waals surface area contributed by atoms with Crippen LogP contribution < -0.4 is 0 Å². The Kier molecular flexibility index (Phi) is 3.46. The molecule has 0 spiro atoms. The molecule has 19 heavy (non-hydrogen) atoms. The summed E-state index contributed by atoms with van der Waals surface area (Å²) in [6, 6.07) is 8.79. The number of alkyl halides is 3. The Morgan fingerprint density at radius 3 is 2.53 bits per heavy atom. The van der Waals surface area contributed by atoms with E-state index in [1.165, 1.54) is 18.5 Å². The van der Waals surface area contributed by atoms with Gasteiger partial charge in [0.05, 0.1) is 0 Å². The van der Waals surface area contributed by atoms with E-state index in [1.807, 2.05) is 31.2 Å². The lowest BCUT2D eigenvalue weighted by Crippen LogP contribution is -2.22. The van der Waals surface area contributed by atoms with Gasteiger partial charge in [0.15, 0.2) is 0 Å². The van der Waals surface area contributed by atoms with Crippen LogP contribution in [0.25, 0.3) is 0 Å². The van der Waals surface area contributed by atoms with Crippen LogP contribution in [0.2, 0.25) is 0 Å². The van der Waals surface area contributed by atoms with E-state index >= 15 is 0 Å². The number of hydrogen-bond donors (Lipinski definition) is 0. The topological polar surface area (TPSA) is 22.0 Å². The molecule has 0 radical (unpaired) electrons. The van der Waals surface area contributed by atoms with Crippen LogP contribution in [-0.4, -0.2) is 16.5 Å². The Morgan fingerprint density at radius 1 is 1.21 bits per heavy atom. The Bertz CT molecular complexity index is 599. The van der Waals surface area contributed by atoms with Gasteiger partial charge in [-0.2, -0.15) is 13.2 Å². The number of aromatic nitrogens is 1. The van der Waals surface area contributed by atoms with Crippen LogP contribution in [0.5, 0.6) is 0 Å². The smallest absolute Gasteiger partial charge is 0.349 e. The molecule has 0 saturated heterocycles. The molecule has 2 rings (SSSR count). The first-order chi connectivity index (χ1) is 8.88. The minimum Gasteiger partial charge on any atom is -0.349 e.